The summed E-state index contributed by atoms with van der Waals surface area (Å²) in [7, 11) is -4.03. The lowest BCUT2D eigenvalue weighted by atomic mass is 9.74. The average Bonchev–Trinajstić information content (AvgIpc) is 3.53. The van der Waals surface area contributed by atoms with Crippen LogP contribution in [0.3, 0.4) is 0 Å². The highest BCUT2D eigenvalue weighted by atomic mass is 32.2. The number of fused-ring (bicyclic) bond motifs is 1. The summed E-state index contributed by atoms with van der Waals surface area (Å²) in [4.78, 5) is 29.1. The topological polar surface area (TPSA) is 151 Å². The van der Waals surface area contributed by atoms with E-state index in [-0.39, 0.29) is 22.8 Å². The number of aromatic nitrogens is 3. The van der Waals surface area contributed by atoms with Gasteiger partial charge in [-0.15, -0.1) is 11.3 Å². The van der Waals surface area contributed by atoms with Gasteiger partial charge in [-0.05, 0) is 42.1 Å². The number of thiophene rings is 1. The van der Waals surface area contributed by atoms with Gasteiger partial charge in [0.25, 0.3) is 5.70 Å². The van der Waals surface area contributed by atoms with E-state index in [9.17, 15) is 23.3 Å². The van der Waals surface area contributed by atoms with Crippen LogP contribution < -0.4 is 5.14 Å². The number of primary sulfonamides is 1. The van der Waals surface area contributed by atoms with Gasteiger partial charge in [0, 0.05) is 24.3 Å². The van der Waals surface area contributed by atoms with Gasteiger partial charge >= 0.3 is 0 Å². The molecule has 0 aliphatic heterocycles. The predicted molar refractivity (Wildman–Crippen MR) is 134 cm³/mol. The molecule has 10 nitrogen and oxygen atoms in total. The lowest BCUT2D eigenvalue weighted by molar-refractivity contribution is -0.435. The summed E-state index contributed by atoms with van der Waals surface area (Å²) in [6.45, 7) is 1.62. The van der Waals surface area contributed by atoms with Crippen LogP contribution in [0.2, 0.25) is 0 Å². The third-order valence-electron chi connectivity index (χ3n) is 6.27. The molecule has 0 radical (unpaired) electrons. The van der Waals surface area contributed by atoms with Crippen LogP contribution in [0.4, 0.5) is 0 Å². The Bertz CT molecular complexity index is 1700. The highest BCUT2D eigenvalue weighted by molar-refractivity contribution is 7.93. The van der Waals surface area contributed by atoms with Crippen molar-refractivity contribution < 1.29 is 18.1 Å². The van der Waals surface area contributed by atoms with Crippen LogP contribution in [0.25, 0.3) is 16.9 Å². The third kappa shape index (κ3) is 3.94. The van der Waals surface area contributed by atoms with E-state index in [0.29, 0.717) is 32.9 Å². The number of hydrogen-bond acceptors (Lipinski definition) is 8. The lowest BCUT2D eigenvalue weighted by Gasteiger charge is -2.30. The van der Waals surface area contributed by atoms with E-state index in [4.69, 9.17) is 5.14 Å². The van der Waals surface area contributed by atoms with Crippen molar-refractivity contribution in [2.75, 3.05) is 0 Å². The highest BCUT2D eigenvalue weighted by Gasteiger charge is 2.44. The van der Waals surface area contributed by atoms with Crippen LogP contribution in [0.5, 0.6) is 0 Å². The minimum atomic E-state index is -4.03. The average molecular weight is 522 g/mol. The van der Waals surface area contributed by atoms with Crippen LogP contribution in [0.1, 0.15) is 34.1 Å². The van der Waals surface area contributed by atoms with Gasteiger partial charge in [-0.25, -0.2) is 23.1 Å². The molecule has 2 N–H and O–H groups in total. The van der Waals surface area contributed by atoms with E-state index in [0.717, 1.165) is 0 Å². The number of allylic oxidation sites excluding steroid dienone is 4. The zero-order valence-electron chi connectivity index (χ0n) is 18.9. The largest absolute Gasteiger partial charge is 0.287 e. The molecular weight excluding hydrogens is 502 g/mol. The maximum Gasteiger partial charge on any atom is 0.256 e. The molecule has 4 aromatic rings. The Labute approximate surface area is 209 Å². The standard InChI is InChI=1S/C24H19N5O5S2/c1-24(13-17(36(25,33)34)7-8-21(24)29(31)32)16-5-2-4-15(12-16)19-9-10-26-23-18(14-27-28(19)23)22(30)20-6-3-11-35-20/h2-12,14H,13H2,1H3,(H2,25,33,34). The molecule has 1 aromatic carbocycles. The summed E-state index contributed by atoms with van der Waals surface area (Å²) >= 11 is 1.33. The van der Waals surface area contributed by atoms with Crippen molar-refractivity contribution in [3.8, 4) is 11.3 Å². The second-order valence-electron chi connectivity index (χ2n) is 8.51. The van der Waals surface area contributed by atoms with Crippen molar-refractivity contribution in [1.82, 2.24) is 14.6 Å². The first kappa shape index (κ1) is 23.7. The fourth-order valence-corrected chi connectivity index (χ4v) is 5.82. The first-order valence-electron chi connectivity index (χ1n) is 10.7. The number of ketones is 1. The Kier molecular flexibility index (Phi) is 5.66. The molecule has 1 aliphatic rings. The molecule has 0 spiro atoms. The SMILES string of the molecule is CC1(c2cccc(-c3ccnc4c(C(=O)c5cccs5)cnn34)c2)CC(S(N)(=O)=O)=CC=C1[N+](=O)[O-]. The smallest absolute Gasteiger partial charge is 0.256 e. The van der Waals surface area contributed by atoms with Gasteiger partial charge in [0.15, 0.2) is 5.65 Å². The first-order valence-corrected chi connectivity index (χ1v) is 13.1. The van der Waals surface area contributed by atoms with Crippen molar-refractivity contribution >= 4 is 32.8 Å². The molecule has 0 saturated carbocycles. The molecule has 0 bridgehead atoms. The summed E-state index contributed by atoms with van der Waals surface area (Å²) < 4.78 is 25.6. The van der Waals surface area contributed by atoms with E-state index in [1.54, 1.807) is 60.1 Å². The van der Waals surface area contributed by atoms with E-state index >= 15 is 0 Å². The summed E-state index contributed by atoms with van der Waals surface area (Å²) in [5.74, 6) is -0.184. The summed E-state index contributed by atoms with van der Waals surface area (Å²) in [5.41, 5.74) is 1.14. The van der Waals surface area contributed by atoms with Gasteiger partial charge in [-0.1, -0.05) is 24.3 Å². The molecule has 3 heterocycles. The normalized spacial score (nSPS) is 18.1. The number of carbonyl (C=O) groups excluding carboxylic acids is 1. The van der Waals surface area contributed by atoms with Crippen LogP contribution in [-0.4, -0.2) is 33.7 Å². The van der Waals surface area contributed by atoms with Crippen LogP contribution in [-0.2, 0) is 15.4 Å². The van der Waals surface area contributed by atoms with Gasteiger partial charge in [0.05, 0.1) is 37.6 Å². The minimum absolute atomic E-state index is 0.0869. The molecule has 36 heavy (non-hydrogen) atoms. The second kappa shape index (κ2) is 8.59. The number of rotatable bonds is 6. The Balaban J connectivity index is 1.61. The fourth-order valence-electron chi connectivity index (χ4n) is 4.39. The van der Waals surface area contributed by atoms with Crippen molar-refractivity contribution in [2.24, 2.45) is 5.14 Å². The van der Waals surface area contributed by atoms with Gasteiger partial charge in [0.1, 0.15) is 0 Å². The van der Waals surface area contributed by atoms with Crippen molar-refractivity contribution in [3.63, 3.8) is 0 Å². The Hall–Kier alpha value is -4.00. The lowest BCUT2D eigenvalue weighted by Crippen LogP contribution is -2.34. The second-order valence-corrected chi connectivity index (χ2v) is 11.1. The first-order chi connectivity index (χ1) is 17.1. The maximum absolute atomic E-state index is 12.9. The molecule has 182 valence electrons. The summed E-state index contributed by atoms with van der Waals surface area (Å²) in [6.07, 6.45) is 5.25. The molecule has 1 atom stereocenters. The Morgan fingerprint density at radius 3 is 2.72 bits per heavy atom. The highest BCUT2D eigenvalue weighted by Crippen LogP contribution is 2.42. The van der Waals surface area contributed by atoms with E-state index in [1.807, 2.05) is 5.38 Å². The van der Waals surface area contributed by atoms with E-state index in [2.05, 4.69) is 10.1 Å². The molecule has 3 aromatic heterocycles. The Morgan fingerprint density at radius 1 is 1.22 bits per heavy atom. The third-order valence-corrected chi connectivity index (χ3v) is 8.15. The molecule has 1 aliphatic carbocycles. The van der Waals surface area contributed by atoms with Crippen molar-refractivity contribution in [1.29, 1.82) is 0 Å². The molecule has 12 heteroatoms. The van der Waals surface area contributed by atoms with E-state index < -0.39 is 20.4 Å². The van der Waals surface area contributed by atoms with Gasteiger partial charge in [-0.2, -0.15) is 5.10 Å². The molecule has 5 rings (SSSR count). The number of nitrogens with two attached hydrogens (primary N) is 1. The van der Waals surface area contributed by atoms with Crippen LogP contribution in [0.15, 0.2) is 83.0 Å². The molecule has 0 fully saturated rings. The van der Waals surface area contributed by atoms with Crippen LogP contribution in [0, 0.1) is 10.1 Å². The van der Waals surface area contributed by atoms with Gasteiger partial charge in [0.2, 0.25) is 15.8 Å². The van der Waals surface area contributed by atoms with Gasteiger partial charge < -0.3 is 0 Å². The molecule has 1 unspecified atom stereocenters. The van der Waals surface area contributed by atoms with Gasteiger partial charge in [-0.3, -0.25) is 14.9 Å². The number of nitro groups is 1. The molecule has 0 amide bonds. The zero-order chi connectivity index (χ0) is 25.7. The minimum Gasteiger partial charge on any atom is -0.287 e. The number of nitrogens with zero attached hydrogens (tertiary/aromatic N) is 4. The number of hydrogen-bond donors (Lipinski definition) is 1. The fraction of sp³-hybridized carbons (Fsp3) is 0.125. The van der Waals surface area contributed by atoms with Crippen LogP contribution >= 0.6 is 11.3 Å². The predicted octanol–water partition coefficient (Wildman–Crippen LogP) is 3.68. The number of sulfonamides is 1. The molecular formula is C24H19N5O5S2. The zero-order valence-corrected chi connectivity index (χ0v) is 20.5. The summed E-state index contributed by atoms with van der Waals surface area (Å²) in [5, 5.41) is 23.4. The van der Waals surface area contributed by atoms with Crippen molar-refractivity contribution in [3.05, 3.63) is 109 Å². The number of benzene rings is 1. The van der Waals surface area contributed by atoms with E-state index in [1.165, 1.54) is 29.7 Å². The quantitative estimate of drug-likeness (QED) is 0.231. The molecule has 0 saturated heterocycles. The monoisotopic (exact) mass is 521 g/mol. The van der Waals surface area contributed by atoms with Crippen molar-refractivity contribution in [2.45, 2.75) is 18.8 Å². The summed E-state index contributed by atoms with van der Waals surface area (Å²) in [6, 6.07) is 12.3. The number of carbonyl (C=O) groups is 1. The maximum atomic E-state index is 12.9. The Morgan fingerprint density at radius 2 is 2.03 bits per heavy atom.